The number of pyridine rings is 2. The maximum atomic E-state index is 12.7. The second-order valence-corrected chi connectivity index (χ2v) is 10.9. The Morgan fingerprint density at radius 3 is 1.81 bits per heavy atom. The molecule has 5 atom stereocenters. The van der Waals surface area contributed by atoms with Crippen LogP contribution < -0.4 is 10.6 Å². The van der Waals surface area contributed by atoms with Crippen LogP contribution in [0.4, 0.5) is 11.4 Å². The zero-order chi connectivity index (χ0) is 28.9. The smallest absolute Gasteiger partial charge is 0.274 e. The molecule has 3 saturated heterocycles. The van der Waals surface area contributed by atoms with E-state index in [2.05, 4.69) is 25.5 Å². The van der Waals surface area contributed by atoms with E-state index in [9.17, 15) is 9.59 Å². The van der Waals surface area contributed by atoms with E-state index in [1.165, 1.54) is 0 Å². The van der Waals surface area contributed by atoms with Crippen molar-refractivity contribution >= 4 is 23.2 Å². The van der Waals surface area contributed by atoms with E-state index in [4.69, 9.17) is 14.2 Å². The Labute approximate surface area is 242 Å². The Morgan fingerprint density at radius 2 is 1.29 bits per heavy atom. The summed E-state index contributed by atoms with van der Waals surface area (Å²) in [5.74, 6) is -0.585. The number of hydrogen-bond donors (Lipinski definition) is 2. The average molecular weight is 564 g/mol. The molecule has 3 aliphatic rings. The van der Waals surface area contributed by atoms with Gasteiger partial charge in [-0.2, -0.15) is 0 Å². The molecule has 0 saturated carbocycles. The van der Waals surface area contributed by atoms with Gasteiger partial charge < -0.3 is 24.8 Å². The van der Waals surface area contributed by atoms with Gasteiger partial charge in [-0.05, 0) is 73.5 Å². The quantitative estimate of drug-likeness (QED) is 0.353. The van der Waals surface area contributed by atoms with Gasteiger partial charge in [-0.3, -0.25) is 19.6 Å². The molecule has 0 spiro atoms. The Balaban J connectivity index is 1.15. The van der Waals surface area contributed by atoms with Crippen molar-refractivity contribution in [2.75, 3.05) is 17.2 Å². The van der Waals surface area contributed by atoms with Gasteiger partial charge in [0.1, 0.15) is 41.3 Å². The van der Waals surface area contributed by atoms with Gasteiger partial charge in [0, 0.05) is 23.8 Å². The lowest BCUT2D eigenvalue weighted by molar-refractivity contribution is -0.138. The van der Waals surface area contributed by atoms with Gasteiger partial charge in [0.15, 0.2) is 0 Å². The number of amides is 2. The highest BCUT2D eigenvalue weighted by molar-refractivity contribution is 6.03. The minimum Gasteiger partial charge on any atom is -0.355 e. The van der Waals surface area contributed by atoms with Crippen LogP contribution in [-0.2, 0) is 25.4 Å². The van der Waals surface area contributed by atoms with E-state index in [1.807, 2.05) is 62.4 Å². The molecule has 3 aliphatic heterocycles. The average Bonchev–Trinajstić information content (AvgIpc) is 3.67. The molecule has 10 nitrogen and oxygen atoms in total. The number of anilines is 2. The monoisotopic (exact) mass is 563 g/mol. The molecule has 2 N–H and O–H groups in total. The first kappa shape index (κ1) is 26.4. The summed E-state index contributed by atoms with van der Waals surface area (Å²) >= 11 is 0. The zero-order valence-electron chi connectivity index (χ0n) is 23.1. The fourth-order valence-electron chi connectivity index (χ4n) is 6.01. The lowest BCUT2D eigenvalue weighted by atomic mass is 9.93. The van der Waals surface area contributed by atoms with Crippen molar-refractivity contribution in [1.82, 2.24) is 14.9 Å². The number of carbonyl (C=O) groups is 2. The summed E-state index contributed by atoms with van der Waals surface area (Å²) < 4.78 is 19.7. The lowest BCUT2D eigenvalue weighted by Gasteiger charge is -2.33. The highest BCUT2D eigenvalue weighted by Crippen LogP contribution is 2.56. The largest absolute Gasteiger partial charge is 0.355 e. The van der Waals surface area contributed by atoms with Gasteiger partial charge in [-0.25, -0.2) is 4.90 Å². The molecule has 42 heavy (non-hydrogen) atoms. The maximum Gasteiger partial charge on any atom is 0.274 e. The van der Waals surface area contributed by atoms with Crippen molar-refractivity contribution in [3.63, 3.8) is 0 Å². The normalized spacial score (nSPS) is 27.9. The van der Waals surface area contributed by atoms with E-state index in [0.29, 0.717) is 29.4 Å². The summed E-state index contributed by atoms with van der Waals surface area (Å²) in [4.78, 5) is 35.9. The van der Waals surface area contributed by atoms with Crippen molar-refractivity contribution < 1.29 is 23.8 Å². The Kier molecular flexibility index (Phi) is 6.36. The second-order valence-electron chi connectivity index (χ2n) is 10.9. The van der Waals surface area contributed by atoms with Crippen LogP contribution in [0.5, 0.6) is 0 Å². The Hall–Kier alpha value is -4.48. The summed E-state index contributed by atoms with van der Waals surface area (Å²) in [5.41, 5.74) is 1.96. The first-order valence-electron chi connectivity index (χ1n) is 13.8. The number of ether oxygens (including phenoxy) is 3. The second kappa shape index (κ2) is 10.1. The van der Waals surface area contributed by atoms with Gasteiger partial charge in [0.2, 0.25) is 0 Å². The third-order valence-electron chi connectivity index (χ3n) is 8.13. The van der Waals surface area contributed by atoms with Gasteiger partial charge in [-0.15, -0.1) is 0 Å². The predicted molar refractivity (Wildman–Crippen MR) is 153 cm³/mol. The molecule has 10 heteroatoms. The number of benzene rings is 2. The summed E-state index contributed by atoms with van der Waals surface area (Å²) in [6, 6.07) is 25.6. The molecule has 4 aromatic rings. The summed E-state index contributed by atoms with van der Waals surface area (Å²) in [6.45, 7) is 4.39. The number of aromatic nitrogens is 2. The fraction of sp³-hybridized carbons (Fsp3) is 0.250. The van der Waals surface area contributed by atoms with Crippen LogP contribution in [0.2, 0.25) is 0 Å². The molecule has 2 aromatic heterocycles. The van der Waals surface area contributed by atoms with Crippen molar-refractivity contribution in [1.29, 1.82) is 0 Å². The van der Waals surface area contributed by atoms with Gasteiger partial charge in [-0.1, -0.05) is 36.4 Å². The molecule has 0 unspecified atom stereocenters. The van der Waals surface area contributed by atoms with Crippen LogP contribution in [-0.4, -0.2) is 52.0 Å². The fourth-order valence-corrected chi connectivity index (χ4v) is 6.01. The maximum absolute atomic E-state index is 12.7. The predicted octanol–water partition coefficient (Wildman–Crippen LogP) is 4.48. The standard InChI is InChI=1S/C32H29N5O5/c1-31(20-9-7-11-22(17-20)35-27(38)24-13-3-5-15-33-24)29-37-26(19-40-29)41-32(2,30(37)42-31)21-10-8-12-23(18-21)36-28(39)25-14-4-6-16-34-25/h3-18,26,29-30H,19H2,1-2H3,(H,35,38)(H,36,39)/t26-,29-,30-,31-,32-/m0/s1. The van der Waals surface area contributed by atoms with Crippen molar-refractivity contribution in [3.8, 4) is 0 Å². The summed E-state index contributed by atoms with van der Waals surface area (Å²) in [6.07, 6.45) is 2.01. The van der Waals surface area contributed by atoms with Crippen molar-refractivity contribution in [2.24, 2.45) is 0 Å². The molecule has 2 aromatic carbocycles. The number of nitrogens with one attached hydrogen (secondary N) is 2. The molecule has 0 aliphatic carbocycles. The molecule has 5 heterocycles. The SMILES string of the molecule is C[C@@]1(c2cccc(NC(=O)c3ccccn3)c2)O[C@H]2CO[C@@H]3N2[C@H]1O[C@@]3(C)c1cccc(NC(=O)c2ccccn2)c1. The van der Waals surface area contributed by atoms with E-state index < -0.39 is 23.7 Å². The van der Waals surface area contributed by atoms with E-state index in [1.54, 1.807) is 48.8 Å². The van der Waals surface area contributed by atoms with Gasteiger partial charge in [0.05, 0.1) is 6.61 Å². The zero-order valence-corrected chi connectivity index (χ0v) is 23.1. The van der Waals surface area contributed by atoms with Gasteiger partial charge >= 0.3 is 0 Å². The third-order valence-corrected chi connectivity index (χ3v) is 8.13. The van der Waals surface area contributed by atoms with Crippen LogP contribution >= 0.6 is 0 Å². The van der Waals surface area contributed by atoms with Crippen molar-refractivity contribution in [3.05, 3.63) is 120 Å². The number of nitrogens with zero attached hydrogens (tertiary/aromatic N) is 3. The number of carbonyl (C=O) groups excluding carboxylic acids is 2. The van der Waals surface area contributed by atoms with Crippen LogP contribution in [0, 0.1) is 0 Å². The van der Waals surface area contributed by atoms with Gasteiger partial charge in [0.25, 0.3) is 11.8 Å². The topological polar surface area (TPSA) is 115 Å². The first-order valence-corrected chi connectivity index (χ1v) is 13.8. The van der Waals surface area contributed by atoms with Crippen LogP contribution in [0.3, 0.4) is 0 Å². The molecule has 7 rings (SSSR count). The third kappa shape index (κ3) is 4.36. The molecule has 212 valence electrons. The number of hydrogen-bond acceptors (Lipinski definition) is 8. The van der Waals surface area contributed by atoms with Crippen LogP contribution in [0.15, 0.2) is 97.3 Å². The molecular formula is C32H29N5O5. The molecular weight excluding hydrogens is 534 g/mol. The first-order chi connectivity index (χ1) is 20.3. The summed E-state index contributed by atoms with van der Waals surface area (Å²) in [5, 5.41) is 5.87. The molecule has 0 bridgehead atoms. The molecule has 3 fully saturated rings. The van der Waals surface area contributed by atoms with Crippen LogP contribution in [0.1, 0.15) is 46.0 Å². The van der Waals surface area contributed by atoms with Crippen molar-refractivity contribution in [2.45, 2.75) is 43.7 Å². The Bertz CT molecular complexity index is 1560. The highest BCUT2D eigenvalue weighted by Gasteiger charge is 2.68. The molecule has 2 amide bonds. The lowest BCUT2D eigenvalue weighted by Crippen LogP contribution is -2.40. The Morgan fingerprint density at radius 1 is 0.738 bits per heavy atom. The minimum atomic E-state index is -0.846. The van der Waals surface area contributed by atoms with E-state index in [0.717, 1.165) is 11.1 Å². The number of rotatable bonds is 6. The minimum absolute atomic E-state index is 0.293. The van der Waals surface area contributed by atoms with E-state index >= 15 is 0 Å². The highest BCUT2D eigenvalue weighted by atomic mass is 16.7. The van der Waals surface area contributed by atoms with E-state index in [-0.39, 0.29) is 18.0 Å². The van der Waals surface area contributed by atoms with Crippen LogP contribution in [0.25, 0.3) is 0 Å². The molecule has 0 radical (unpaired) electrons. The summed E-state index contributed by atoms with van der Waals surface area (Å²) in [7, 11) is 0.